The zero-order valence-electron chi connectivity index (χ0n) is 22.5. The van der Waals surface area contributed by atoms with Crippen molar-refractivity contribution in [2.75, 3.05) is 20.2 Å². The van der Waals surface area contributed by atoms with Gasteiger partial charge in [0.1, 0.15) is 23.3 Å². The number of hydrogen-bond donors (Lipinski definition) is 1. The van der Waals surface area contributed by atoms with Crippen LogP contribution in [0, 0.1) is 20.8 Å². The monoisotopic (exact) mass is 550 g/mol. The third kappa shape index (κ3) is 6.29. The van der Waals surface area contributed by atoms with E-state index in [1.165, 1.54) is 0 Å². The predicted molar refractivity (Wildman–Crippen MR) is 149 cm³/mol. The minimum atomic E-state index is -1.96. The van der Waals surface area contributed by atoms with Crippen molar-refractivity contribution in [1.29, 1.82) is 0 Å². The number of aryl methyl sites for hydroxylation is 2. The van der Waals surface area contributed by atoms with Gasteiger partial charge in [-0.05, 0) is 64.2 Å². The van der Waals surface area contributed by atoms with Gasteiger partial charge in [-0.2, -0.15) is 0 Å². The Labute approximate surface area is 225 Å². The summed E-state index contributed by atoms with van der Waals surface area (Å²) in [6, 6.07) is 5.45. The van der Waals surface area contributed by atoms with Gasteiger partial charge in [0.2, 0.25) is 0 Å². The molecule has 0 amide bonds. The highest BCUT2D eigenvalue weighted by molar-refractivity contribution is 6.74. The molecule has 1 aromatic carbocycles. The Morgan fingerprint density at radius 1 is 1.11 bits per heavy atom. The summed E-state index contributed by atoms with van der Waals surface area (Å²) in [5.74, 6) is 1.71. The first-order chi connectivity index (χ1) is 16.7. The first-order valence-corrected chi connectivity index (χ1v) is 15.6. The summed E-state index contributed by atoms with van der Waals surface area (Å²) in [5.41, 5.74) is 3.58. The van der Waals surface area contributed by atoms with Gasteiger partial charge in [0, 0.05) is 17.7 Å². The SMILES string of the molecule is CNC[C@H](COc1ccc(Cl)c(-c2nc(Cl)c(C)c(-c3c(C)noc3C)n2)c1)O[Si](C)(C)C(C)(C)C. The van der Waals surface area contributed by atoms with Gasteiger partial charge in [0.15, 0.2) is 14.1 Å². The van der Waals surface area contributed by atoms with Crippen LogP contribution in [-0.4, -0.2) is 49.7 Å². The van der Waals surface area contributed by atoms with Crippen molar-refractivity contribution in [3.8, 4) is 28.4 Å². The first-order valence-electron chi connectivity index (χ1n) is 12.0. The lowest BCUT2D eigenvalue weighted by Gasteiger charge is -2.39. The molecule has 0 bridgehead atoms. The molecule has 3 aromatic rings. The van der Waals surface area contributed by atoms with Crippen LogP contribution in [0.15, 0.2) is 22.7 Å². The first kappa shape index (κ1) is 28.6. The van der Waals surface area contributed by atoms with E-state index in [1.807, 2.05) is 40.0 Å². The molecule has 36 heavy (non-hydrogen) atoms. The molecule has 7 nitrogen and oxygen atoms in total. The van der Waals surface area contributed by atoms with E-state index >= 15 is 0 Å². The normalized spacial score (nSPS) is 13.2. The quantitative estimate of drug-likeness (QED) is 0.226. The standard InChI is InChI=1S/C26H36Cl2N4O3Si/c1-15-23(22-16(2)32-34-17(22)3)30-25(31-24(15)28)20-12-18(10-11-21(20)27)33-14-19(13-29-7)35-36(8,9)26(4,5)6/h10-12,19,29H,13-14H2,1-9H3/t19-/m1/s1. The second kappa shape index (κ2) is 11.2. The summed E-state index contributed by atoms with van der Waals surface area (Å²) in [7, 11) is -0.0442. The zero-order chi connectivity index (χ0) is 26.8. The second-order valence-corrected chi connectivity index (χ2v) is 16.0. The molecule has 0 aliphatic heterocycles. The van der Waals surface area contributed by atoms with Gasteiger partial charge in [0.05, 0.1) is 28.1 Å². The molecule has 196 valence electrons. The van der Waals surface area contributed by atoms with Crippen LogP contribution in [0.2, 0.25) is 28.3 Å². The van der Waals surface area contributed by atoms with Crippen LogP contribution in [-0.2, 0) is 4.43 Å². The third-order valence-electron chi connectivity index (χ3n) is 6.67. The van der Waals surface area contributed by atoms with Gasteiger partial charge in [-0.15, -0.1) is 0 Å². The fourth-order valence-corrected chi connectivity index (χ4v) is 5.29. The van der Waals surface area contributed by atoms with Crippen molar-refractivity contribution in [3.63, 3.8) is 0 Å². The summed E-state index contributed by atoms with van der Waals surface area (Å²) in [4.78, 5) is 9.31. The molecule has 0 saturated carbocycles. The Morgan fingerprint density at radius 3 is 2.39 bits per heavy atom. The Kier molecular flexibility index (Phi) is 8.89. The summed E-state index contributed by atoms with van der Waals surface area (Å²) in [6.07, 6.45) is -0.0915. The number of aromatic nitrogens is 3. The summed E-state index contributed by atoms with van der Waals surface area (Å²) < 4.78 is 18.1. The van der Waals surface area contributed by atoms with Crippen LogP contribution >= 0.6 is 23.2 Å². The highest BCUT2D eigenvalue weighted by Crippen LogP contribution is 2.38. The van der Waals surface area contributed by atoms with Gasteiger partial charge in [0.25, 0.3) is 0 Å². The van der Waals surface area contributed by atoms with Crippen molar-refractivity contribution < 1.29 is 13.7 Å². The molecule has 0 radical (unpaired) electrons. The number of benzene rings is 1. The van der Waals surface area contributed by atoms with E-state index in [0.29, 0.717) is 51.9 Å². The van der Waals surface area contributed by atoms with Crippen molar-refractivity contribution >= 4 is 31.5 Å². The number of likely N-dealkylation sites (N-methyl/N-ethyl adjacent to an activating group) is 1. The van der Waals surface area contributed by atoms with Crippen LogP contribution in [0.1, 0.15) is 37.8 Å². The molecule has 3 rings (SSSR count). The molecule has 0 unspecified atom stereocenters. The molecule has 0 fully saturated rings. The van der Waals surface area contributed by atoms with Crippen molar-refractivity contribution in [2.24, 2.45) is 0 Å². The maximum Gasteiger partial charge on any atom is 0.192 e. The van der Waals surface area contributed by atoms with Gasteiger partial charge in [-0.3, -0.25) is 0 Å². The summed E-state index contributed by atoms with van der Waals surface area (Å²) in [5, 5.41) is 8.21. The van der Waals surface area contributed by atoms with E-state index in [1.54, 1.807) is 6.07 Å². The molecular weight excluding hydrogens is 515 g/mol. The molecule has 2 aromatic heterocycles. The van der Waals surface area contributed by atoms with Crippen LogP contribution in [0.25, 0.3) is 22.6 Å². The third-order valence-corrected chi connectivity index (χ3v) is 11.9. The average molecular weight is 552 g/mol. The Bertz CT molecular complexity index is 1210. The van der Waals surface area contributed by atoms with Crippen LogP contribution in [0.5, 0.6) is 5.75 Å². The number of rotatable bonds is 9. The van der Waals surface area contributed by atoms with Crippen molar-refractivity contribution in [3.05, 3.63) is 45.4 Å². The molecule has 0 spiro atoms. The predicted octanol–water partition coefficient (Wildman–Crippen LogP) is 7.02. The number of hydrogen-bond acceptors (Lipinski definition) is 7. The minimum absolute atomic E-state index is 0.0915. The Morgan fingerprint density at radius 2 is 1.81 bits per heavy atom. The molecule has 1 atom stereocenters. The number of ether oxygens (including phenoxy) is 1. The maximum absolute atomic E-state index is 6.58. The van der Waals surface area contributed by atoms with E-state index in [-0.39, 0.29) is 11.1 Å². The smallest absolute Gasteiger partial charge is 0.192 e. The lowest BCUT2D eigenvalue weighted by Crippen LogP contribution is -2.47. The maximum atomic E-state index is 6.58. The van der Waals surface area contributed by atoms with E-state index in [9.17, 15) is 0 Å². The number of nitrogens with one attached hydrogen (secondary N) is 1. The molecular formula is C26H36Cl2N4O3Si. The number of nitrogens with zero attached hydrogens (tertiary/aromatic N) is 3. The Hall–Kier alpha value is -1.97. The van der Waals surface area contributed by atoms with Gasteiger partial charge in [-0.1, -0.05) is 49.1 Å². The van der Waals surface area contributed by atoms with Crippen molar-refractivity contribution in [2.45, 2.75) is 65.8 Å². The average Bonchev–Trinajstić information content (AvgIpc) is 3.12. The lowest BCUT2D eigenvalue weighted by molar-refractivity contribution is 0.115. The van der Waals surface area contributed by atoms with Crippen LogP contribution < -0.4 is 10.1 Å². The van der Waals surface area contributed by atoms with E-state index in [2.05, 4.69) is 49.3 Å². The molecule has 1 N–H and O–H groups in total. The minimum Gasteiger partial charge on any atom is -0.491 e. The van der Waals surface area contributed by atoms with Crippen LogP contribution in [0.4, 0.5) is 0 Å². The van der Waals surface area contributed by atoms with Gasteiger partial charge in [-0.25, -0.2) is 9.97 Å². The van der Waals surface area contributed by atoms with Gasteiger partial charge >= 0.3 is 0 Å². The molecule has 10 heteroatoms. The molecule has 0 saturated heterocycles. The van der Waals surface area contributed by atoms with Crippen molar-refractivity contribution in [1.82, 2.24) is 20.4 Å². The topological polar surface area (TPSA) is 82.3 Å². The van der Waals surface area contributed by atoms with E-state index in [0.717, 1.165) is 16.8 Å². The lowest BCUT2D eigenvalue weighted by atomic mass is 10.1. The molecule has 0 aliphatic carbocycles. The highest BCUT2D eigenvalue weighted by Gasteiger charge is 2.39. The van der Waals surface area contributed by atoms with E-state index < -0.39 is 8.32 Å². The molecule has 0 aliphatic rings. The van der Waals surface area contributed by atoms with E-state index in [4.69, 9.17) is 41.9 Å². The fourth-order valence-electron chi connectivity index (χ4n) is 3.58. The van der Waals surface area contributed by atoms with Crippen LogP contribution in [0.3, 0.4) is 0 Å². The van der Waals surface area contributed by atoms with Gasteiger partial charge < -0.3 is 19.0 Å². The zero-order valence-corrected chi connectivity index (χ0v) is 25.1. The number of halogens is 2. The highest BCUT2D eigenvalue weighted by atomic mass is 35.5. The Balaban J connectivity index is 1.91. The summed E-state index contributed by atoms with van der Waals surface area (Å²) >= 11 is 13.1. The summed E-state index contributed by atoms with van der Waals surface area (Å²) in [6.45, 7) is 17.8. The largest absolute Gasteiger partial charge is 0.491 e. The molecule has 2 heterocycles. The second-order valence-electron chi connectivity index (χ2n) is 10.5. The fraction of sp³-hybridized carbons (Fsp3) is 0.500.